The lowest BCUT2D eigenvalue weighted by Crippen LogP contribution is -2.27. The topological polar surface area (TPSA) is 35.5 Å². The number of aryl methyl sites for hydroxylation is 1. The van der Waals surface area contributed by atoms with Crippen molar-refractivity contribution in [3.05, 3.63) is 35.4 Å². The summed E-state index contributed by atoms with van der Waals surface area (Å²) in [6, 6.07) is 7.49. The van der Waals surface area contributed by atoms with Crippen LogP contribution in [0.5, 0.6) is 0 Å². The van der Waals surface area contributed by atoms with Gasteiger partial charge in [0, 0.05) is 7.11 Å². The van der Waals surface area contributed by atoms with Crippen LogP contribution in [0.3, 0.4) is 0 Å². The lowest BCUT2D eigenvalue weighted by molar-refractivity contribution is -0.00540. The first-order valence-electron chi connectivity index (χ1n) is 6.49. The first-order chi connectivity index (χ1) is 8.69. The molecule has 3 nitrogen and oxygen atoms in total. The van der Waals surface area contributed by atoms with Crippen molar-refractivity contribution in [2.24, 2.45) is 0 Å². The van der Waals surface area contributed by atoms with Gasteiger partial charge in [0.2, 0.25) is 0 Å². The van der Waals surface area contributed by atoms with E-state index in [2.05, 4.69) is 0 Å². The van der Waals surface area contributed by atoms with E-state index in [1.807, 2.05) is 31.2 Å². The summed E-state index contributed by atoms with van der Waals surface area (Å²) in [6.45, 7) is 2.00. The van der Waals surface area contributed by atoms with Crippen LogP contribution >= 0.6 is 0 Å². The highest BCUT2D eigenvalue weighted by atomic mass is 16.5. The van der Waals surface area contributed by atoms with Crippen molar-refractivity contribution in [3.63, 3.8) is 0 Å². The predicted molar refractivity (Wildman–Crippen MR) is 69.6 cm³/mol. The Hall–Kier alpha value is -1.35. The van der Waals surface area contributed by atoms with E-state index < -0.39 is 0 Å². The van der Waals surface area contributed by atoms with E-state index in [9.17, 15) is 4.79 Å². The lowest BCUT2D eigenvalue weighted by Gasteiger charge is -2.27. The molecule has 0 aromatic heterocycles. The van der Waals surface area contributed by atoms with E-state index in [0.717, 1.165) is 31.2 Å². The Balaban J connectivity index is 1.86. The van der Waals surface area contributed by atoms with Gasteiger partial charge in [0.1, 0.15) is 6.10 Å². The van der Waals surface area contributed by atoms with Crippen LogP contribution in [0, 0.1) is 6.92 Å². The molecule has 0 saturated heterocycles. The summed E-state index contributed by atoms with van der Waals surface area (Å²) in [5.74, 6) is -0.212. The van der Waals surface area contributed by atoms with Crippen molar-refractivity contribution < 1.29 is 14.3 Å². The van der Waals surface area contributed by atoms with E-state index in [0.29, 0.717) is 11.7 Å². The number of esters is 1. The maximum atomic E-state index is 11.9. The Bertz CT molecular complexity index is 389. The average Bonchev–Trinajstić information content (AvgIpc) is 2.40. The number of ether oxygens (including phenoxy) is 2. The molecule has 0 amide bonds. The first-order valence-corrected chi connectivity index (χ1v) is 6.49. The molecule has 0 atom stereocenters. The molecule has 2 rings (SSSR count). The van der Waals surface area contributed by atoms with Gasteiger partial charge in [-0.1, -0.05) is 17.7 Å². The summed E-state index contributed by atoms with van der Waals surface area (Å²) < 4.78 is 10.8. The summed E-state index contributed by atoms with van der Waals surface area (Å²) in [7, 11) is 1.74. The van der Waals surface area contributed by atoms with E-state index in [1.54, 1.807) is 7.11 Å². The van der Waals surface area contributed by atoms with Crippen LogP contribution in [-0.2, 0) is 9.47 Å². The number of hydrogen-bond acceptors (Lipinski definition) is 3. The third-order valence-electron chi connectivity index (χ3n) is 3.52. The number of methoxy groups -OCH3 is 1. The van der Waals surface area contributed by atoms with Gasteiger partial charge >= 0.3 is 5.97 Å². The third-order valence-corrected chi connectivity index (χ3v) is 3.52. The Morgan fingerprint density at radius 3 is 2.17 bits per heavy atom. The number of hydrogen-bond donors (Lipinski definition) is 0. The van der Waals surface area contributed by atoms with Crippen molar-refractivity contribution in [3.8, 4) is 0 Å². The quantitative estimate of drug-likeness (QED) is 0.771. The number of rotatable bonds is 3. The number of benzene rings is 1. The van der Waals surface area contributed by atoms with Gasteiger partial charge in [-0.15, -0.1) is 0 Å². The van der Waals surface area contributed by atoms with Gasteiger partial charge in [-0.3, -0.25) is 0 Å². The molecule has 0 bridgehead atoms. The summed E-state index contributed by atoms with van der Waals surface area (Å²) in [4.78, 5) is 11.9. The molecule has 98 valence electrons. The largest absolute Gasteiger partial charge is 0.459 e. The zero-order valence-electron chi connectivity index (χ0n) is 11.0. The molecule has 0 aliphatic heterocycles. The highest BCUT2D eigenvalue weighted by Gasteiger charge is 2.23. The summed E-state index contributed by atoms with van der Waals surface area (Å²) in [6.07, 6.45) is 4.13. The van der Waals surface area contributed by atoms with Crippen molar-refractivity contribution in [1.82, 2.24) is 0 Å². The van der Waals surface area contributed by atoms with E-state index in [1.165, 1.54) is 0 Å². The lowest BCUT2D eigenvalue weighted by atomic mass is 9.95. The smallest absolute Gasteiger partial charge is 0.338 e. The highest BCUT2D eigenvalue weighted by Crippen LogP contribution is 2.23. The molecule has 1 aliphatic rings. The molecule has 1 aliphatic carbocycles. The highest BCUT2D eigenvalue weighted by molar-refractivity contribution is 5.89. The molecule has 1 aromatic carbocycles. The minimum absolute atomic E-state index is 0.0465. The maximum Gasteiger partial charge on any atom is 0.338 e. The minimum Gasteiger partial charge on any atom is -0.459 e. The molecule has 3 heteroatoms. The van der Waals surface area contributed by atoms with Crippen molar-refractivity contribution >= 4 is 5.97 Å². The van der Waals surface area contributed by atoms with Crippen molar-refractivity contribution in [2.75, 3.05) is 7.11 Å². The Kier molecular flexibility index (Phi) is 4.37. The fourth-order valence-electron chi connectivity index (χ4n) is 2.29. The second-order valence-electron chi connectivity index (χ2n) is 4.91. The van der Waals surface area contributed by atoms with Gasteiger partial charge in [0.25, 0.3) is 0 Å². The maximum absolute atomic E-state index is 11.9. The molecule has 0 spiro atoms. The molecule has 1 fully saturated rings. The minimum atomic E-state index is -0.212. The van der Waals surface area contributed by atoms with Crippen LogP contribution in [0.1, 0.15) is 41.6 Å². The number of carbonyl (C=O) groups is 1. The summed E-state index contributed by atoms with van der Waals surface area (Å²) in [5.41, 5.74) is 1.78. The molecule has 0 N–H and O–H groups in total. The van der Waals surface area contributed by atoms with E-state index >= 15 is 0 Å². The standard InChI is InChI=1S/C15H20O3/c1-11-3-5-12(6-4-11)15(16)18-14-9-7-13(17-2)8-10-14/h3-6,13-14H,7-10H2,1-2H3. The molecule has 0 radical (unpaired) electrons. The number of carbonyl (C=O) groups excluding carboxylic acids is 1. The molecule has 1 saturated carbocycles. The predicted octanol–water partition coefficient (Wildman–Crippen LogP) is 3.11. The molecular formula is C15H20O3. The van der Waals surface area contributed by atoms with Gasteiger partial charge in [-0.2, -0.15) is 0 Å². The van der Waals surface area contributed by atoms with Gasteiger partial charge in [-0.25, -0.2) is 4.79 Å². The average molecular weight is 248 g/mol. The Labute approximate surface area is 108 Å². The second-order valence-corrected chi connectivity index (χ2v) is 4.91. The van der Waals surface area contributed by atoms with Crippen molar-refractivity contribution in [1.29, 1.82) is 0 Å². The zero-order chi connectivity index (χ0) is 13.0. The van der Waals surface area contributed by atoms with Crippen LogP contribution in [-0.4, -0.2) is 25.3 Å². The van der Waals surface area contributed by atoms with Crippen LogP contribution in [0.4, 0.5) is 0 Å². The van der Waals surface area contributed by atoms with Crippen LogP contribution < -0.4 is 0 Å². The summed E-state index contributed by atoms with van der Waals surface area (Å²) >= 11 is 0. The van der Waals surface area contributed by atoms with Crippen LogP contribution in [0.25, 0.3) is 0 Å². The SMILES string of the molecule is COC1CCC(OC(=O)c2ccc(C)cc2)CC1. The first kappa shape index (κ1) is 13.1. The Morgan fingerprint density at radius 2 is 1.61 bits per heavy atom. The van der Waals surface area contributed by atoms with Gasteiger partial charge < -0.3 is 9.47 Å². The van der Waals surface area contributed by atoms with Gasteiger partial charge in [-0.05, 0) is 44.7 Å². The molecule has 1 aromatic rings. The van der Waals surface area contributed by atoms with Crippen molar-refractivity contribution in [2.45, 2.75) is 44.8 Å². The fourth-order valence-corrected chi connectivity index (χ4v) is 2.29. The molecule has 0 heterocycles. The van der Waals surface area contributed by atoms with Gasteiger partial charge in [0.05, 0.1) is 11.7 Å². The van der Waals surface area contributed by atoms with Crippen LogP contribution in [0.2, 0.25) is 0 Å². The second kappa shape index (κ2) is 6.01. The van der Waals surface area contributed by atoms with E-state index in [-0.39, 0.29) is 12.1 Å². The summed E-state index contributed by atoms with van der Waals surface area (Å²) in [5, 5.41) is 0. The molecular weight excluding hydrogens is 228 g/mol. The monoisotopic (exact) mass is 248 g/mol. The normalized spacial score (nSPS) is 23.7. The fraction of sp³-hybridized carbons (Fsp3) is 0.533. The van der Waals surface area contributed by atoms with Crippen LogP contribution in [0.15, 0.2) is 24.3 Å². The van der Waals surface area contributed by atoms with E-state index in [4.69, 9.17) is 9.47 Å². The van der Waals surface area contributed by atoms with Gasteiger partial charge in [0.15, 0.2) is 0 Å². The third kappa shape index (κ3) is 3.33. The molecule has 18 heavy (non-hydrogen) atoms. The zero-order valence-corrected chi connectivity index (χ0v) is 11.0. The Morgan fingerprint density at radius 1 is 1.06 bits per heavy atom. The molecule has 0 unspecified atom stereocenters.